The predicted octanol–water partition coefficient (Wildman–Crippen LogP) is 4.61. The van der Waals surface area contributed by atoms with Crippen molar-refractivity contribution in [2.45, 2.75) is 0 Å². The first-order valence-corrected chi connectivity index (χ1v) is 7.86. The van der Waals surface area contributed by atoms with Gasteiger partial charge in [0.15, 0.2) is 11.6 Å². The Morgan fingerprint density at radius 3 is 1.78 bits per heavy atom. The van der Waals surface area contributed by atoms with Gasteiger partial charge in [-0.3, -0.25) is 9.59 Å². The number of nitrogens with one attached hydrogen (secondary N) is 2. The second-order valence-corrected chi connectivity index (χ2v) is 5.62. The molecule has 7 heteroatoms. The van der Waals surface area contributed by atoms with E-state index in [1.165, 1.54) is 54.6 Å². The van der Waals surface area contributed by atoms with E-state index in [4.69, 9.17) is 0 Å². The number of benzene rings is 3. The van der Waals surface area contributed by atoms with Crippen molar-refractivity contribution in [3.63, 3.8) is 0 Å². The zero-order chi connectivity index (χ0) is 19.4. The topological polar surface area (TPSA) is 58.2 Å². The molecule has 0 heterocycles. The van der Waals surface area contributed by atoms with Crippen LogP contribution in [0.15, 0.2) is 66.7 Å². The third-order valence-electron chi connectivity index (χ3n) is 3.67. The summed E-state index contributed by atoms with van der Waals surface area (Å²) in [6, 6.07) is 14.1. The van der Waals surface area contributed by atoms with Crippen LogP contribution in [0, 0.1) is 17.5 Å². The van der Waals surface area contributed by atoms with Gasteiger partial charge in [0.05, 0.1) is 0 Å². The first-order chi connectivity index (χ1) is 12.9. The van der Waals surface area contributed by atoms with Gasteiger partial charge in [0, 0.05) is 28.6 Å². The van der Waals surface area contributed by atoms with Crippen molar-refractivity contribution in [2.75, 3.05) is 10.6 Å². The van der Waals surface area contributed by atoms with Crippen LogP contribution in [0.5, 0.6) is 0 Å². The summed E-state index contributed by atoms with van der Waals surface area (Å²) in [5.41, 5.74) is 0.849. The Morgan fingerprint density at radius 1 is 0.630 bits per heavy atom. The van der Waals surface area contributed by atoms with Crippen molar-refractivity contribution in [3.8, 4) is 0 Å². The Hall–Kier alpha value is -3.61. The quantitative estimate of drug-likeness (QED) is 0.705. The molecule has 3 aromatic rings. The molecule has 2 amide bonds. The molecule has 136 valence electrons. The number of hydrogen-bond donors (Lipinski definition) is 2. The maximum Gasteiger partial charge on any atom is 0.255 e. The van der Waals surface area contributed by atoms with Gasteiger partial charge in [0.25, 0.3) is 11.8 Å². The minimum Gasteiger partial charge on any atom is -0.322 e. The third kappa shape index (κ3) is 4.52. The van der Waals surface area contributed by atoms with Crippen LogP contribution in [-0.2, 0) is 0 Å². The van der Waals surface area contributed by atoms with Crippen LogP contribution < -0.4 is 10.6 Å². The number of hydrogen-bond acceptors (Lipinski definition) is 2. The van der Waals surface area contributed by atoms with E-state index in [-0.39, 0.29) is 16.8 Å². The molecular weight excluding hydrogens is 357 g/mol. The Kier molecular flexibility index (Phi) is 5.21. The Morgan fingerprint density at radius 2 is 1.19 bits per heavy atom. The largest absolute Gasteiger partial charge is 0.322 e. The number of carbonyl (C=O) groups is 2. The summed E-state index contributed by atoms with van der Waals surface area (Å²) in [7, 11) is 0. The van der Waals surface area contributed by atoms with Gasteiger partial charge in [0.2, 0.25) is 0 Å². The lowest BCUT2D eigenvalue weighted by molar-refractivity contribution is 0.102. The van der Waals surface area contributed by atoms with Crippen molar-refractivity contribution in [2.24, 2.45) is 0 Å². The Bertz CT molecular complexity index is 1000. The van der Waals surface area contributed by atoms with E-state index in [0.29, 0.717) is 5.69 Å². The number of amides is 2. The molecule has 0 saturated heterocycles. The van der Waals surface area contributed by atoms with E-state index in [2.05, 4.69) is 10.6 Å². The minimum atomic E-state index is -1.08. The number of carbonyl (C=O) groups excluding carboxylic acids is 2. The molecule has 3 rings (SSSR count). The molecule has 0 radical (unpaired) electrons. The molecule has 0 fully saturated rings. The van der Waals surface area contributed by atoms with Gasteiger partial charge in [0.1, 0.15) is 5.82 Å². The number of anilines is 2. The molecule has 0 aromatic heterocycles. The van der Waals surface area contributed by atoms with Crippen LogP contribution in [0.1, 0.15) is 20.7 Å². The molecule has 0 bridgehead atoms. The van der Waals surface area contributed by atoms with Gasteiger partial charge >= 0.3 is 0 Å². The summed E-state index contributed by atoms with van der Waals surface area (Å²) in [6.07, 6.45) is 0. The van der Waals surface area contributed by atoms with Crippen LogP contribution in [0.4, 0.5) is 24.5 Å². The van der Waals surface area contributed by atoms with Gasteiger partial charge in [-0.2, -0.15) is 0 Å². The van der Waals surface area contributed by atoms with Crippen molar-refractivity contribution in [1.29, 1.82) is 0 Å². The average molecular weight is 370 g/mol. The van der Waals surface area contributed by atoms with Crippen molar-refractivity contribution in [1.82, 2.24) is 0 Å². The summed E-state index contributed by atoms with van der Waals surface area (Å²) >= 11 is 0. The van der Waals surface area contributed by atoms with Gasteiger partial charge in [-0.1, -0.05) is 6.07 Å². The van der Waals surface area contributed by atoms with E-state index in [1.54, 1.807) is 0 Å². The fourth-order valence-corrected chi connectivity index (χ4v) is 2.32. The summed E-state index contributed by atoms with van der Waals surface area (Å²) < 4.78 is 39.1. The second-order valence-electron chi connectivity index (χ2n) is 5.62. The van der Waals surface area contributed by atoms with Gasteiger partial charge in [-0.05, 0) is 54.6 Å². The summed E-state index contributed by atoms with van der Waals surface area (Å²) in [4.78, 5) is 24.6. The molecule has 27 heavy (non-hydrogen) atoms. The van der Waals surface area contributed by atoms with Gasteiger partial charge < -0.3 is 10.6 Å². The lowest BCUT2D eigenvalue weighted by Crippen LogP contribution is -2.15. The normalized spacial score (nSPS) is 10.3. The van der Waals surface area contributed by atoms with E-state index < -0.39 is 29.3 Å². The lowest BCUT2D eigenvalue weighted by Gasteiger charge is -2.08. The molecule has 0 aliphatic carbocycles. The molecule has 0 spiro atoms. The molecule has 2 N–H and O–H groups in total. The van der Waals surface area contributed by atoms with E-state index >= 15 is 0 Å². The average Bonchev–Trinajstić information content (AvgIpc) is 2.66. The highest BCUT2D eigenvalue weighted by atomic mass is 19.2. The van der Waals surface area contributed by atoms with Crippen molar-refractivity contribution < 1.29 is 22.8 Å². The molecule has 0 atom stereocenters. The third-order valence-corrected chi connectivity index (χ3v) is 3.67. The zero-order valence-electron chi connectivity index (χ0n) is 13.8. The minimum absolute atomic E-state index is 0.0834. The number of rotatable bonds is 4. The van der Waals surface area contributed by atoms with Gasteiger partial charge in [-0.25, -0.2) is 13.2 Å². The smallest absolute Gasteiger partial charge is 0.255 e. The van der Waals surface area contributed by atoms with Crippen LogP contribution in [0.25, 0.3) is 0 Å². The highest BCUT2D eigenvalue weighted by molar-refractivity contribution is 6.08. The number of halogens is 3. The van der Waals surface area contributed by atoms with E-state index in [1.807, 2.05) is 0 Å². The summed E-state index contributed by atoms with van der Waals surface area (Å²) in [5, 5.41) is 5.02. The summed E-state index contributed by atoms with van der Waals surface area (Å²) in [6.45, 7) is 0. The molecule has 0 unspecified atom stereocenters. The van der Waals surface area contributed by atoms with Crippen LogP contribution >= 0.6 is 0 Å². The van der Waals surface area contributed by atoms with E-state index in [9.17, 15) is 22.8 Å². The Balaban J connectivity index is 1.73. The van der Waals surface area contributed by atoms with Crippen LogP contribution in [0.3, 0.4) is 0 Å². The summed E-state index contributed by atoms with van der Waals surface area (Å²) in [5.74, 6) is -3.60. The second kappa shape index (κ2) is 7.74. The molecule has 0 aliphatic heterocycles. The molecule has 3 aromatic carbocycles. The molecular formula is C20H13F3N2O2. The molecule has 4 nitrogen and oxygen atoms in total. The fraction of sp³-hybridized carbons (Fsp3) is 0. The first-order valence-electron chi connectivity index (χ1n) is 7.86. The molecule has 0 saturated carbocycles. The predicted molar refractivity (Wildman–Crippen MR) is 95.1 cm³/mol. The standard InChI is InChI=1S/C20H13F3N2O2/c21-14-4-6-15(7-5-14)24-19(26)12-2-1-3-13(10-12)20(27)25-16-8-9-17(22)18(23)11-16/h1-11H,(H,24,26)(H,25,27). The van der Waals surface area contributed by atoms with Crippen molar-refractivity contribution in [3.05, 3.63) is 95.3 Å². The zero-order valence-corrected chi connectivity index (χ0v) is 13.8. The first kappa shape index (κ1) is 18.2. The Labute approximate surface area is 152 Å². The maximum atomic E-state index is 13.2. The van der Waals surface area contributed by atoms with Crippen molar-refractivity contribution >= 4 is 23.2 Å². The van der Waals surface area contributed by atoms with E-state index in [0.717, 1.165) is 12.1 Å². The van der Waals surface area contributed by atoms with Gasteiger partial charge in [-0.15, -0.1) is 0 Å². The monoisotopic (exact) mass is 370 g/mol. The highest BCUT2D eigenvalue weighted by Gasteiger charge is 2.12. The lowest BCUT2D eigenvalue weighted by atomic mass is 10.1. The fourth-order valence-electron chi connectivity index (χ4n) is 2.32. The maximum absolute atomic E-state index is 13.2. The van der Waals surface area contributed by atoms with Crippen LogP contribution in [-0.4, -0.2) is 11.8 Å². The SMILES string of the molecule is O=C(Nc1ccc(F)cc1)c1cccc(C(=O)Nc2ccc(F)c(F)c2)c1. The highest BCUT2D eigenvalue weighted by Crippen LogP contribution is 2.16. The molecule has 0 aliphatic rings. The van der Waals surface area contributed by atoms with Crippen LogP contribution in [0.2, 0.25) is 0 Å².